The lowest BCUT2D eigenvalue weighted by Crippen LogP contribution is -2.47. The Bertz CT molecular complexity index is 625. The number of rotatable bonds is 4. The standard InChI is InChI=1S/C18H28N4O3/c1-18(2,3)25-17(24)22-11-7-9-14(22)16(23)20-12-13-8-6-10-19-15(13)21(4)5/h6,8,10,14H,7,9,11-12H2,1-5H3,(H,20,23)/t14-/m0/s1. The van der Waals surface area contributed by atoms with Gasteiger partial charge >= 0.3 is 6.09 Å². The molecule has 1 N–H and O–H groups in total. The van der Waals surface area contributed by atoms with E-state index in [9.17, 15) is 9.59 Å². The Kier molecular flexibility index (Phi) is 5.87. The van der Waals surface area contributed by atoms with Crippen LogP contribution >= 0.6 is 0 Å². The van der Waals surface area contributed by atoms with E-state index in [4.69, 9.17) is 4.74 Å². The molecular formula is C18H28N4O3. The van der Waals surface area contributed by atoms with Gasteiger partial charge in [0.05, 0.1) is 0 Å². The first kappa shape index (κ1) is 19.0. The van der Waals surface area contributed by atoms with Crippen LogP contribution in [0.5, 0.6) is 0 Å². The van der Waals surface area contributed by atoms with E-state index < -0.39 is 17.7 Å². The minimum Gasteiger partial charge on any atom is -0.444 e. The molecule has 138 valence electrons. The summed E-state index contributed by atoms with van der Waals surface area (Å²) in [4.78, 5) is 32.6. The molecule has 2 rings (SSSR count). The lowest BCUT2D eigenvalue weighted by molar-refractivity contribution is -0.125. The van der Waals surface area contributed by atoms with Gasteiger partial charge in [0.2, 0.25) is 5.91 Å². The number of carbonyl (C=O) groups excluding carboxylic acids is 2. The van der Waals surface area contributed by atoms with Gasteiger partial charge in [0.25, 0.3) is 0 Å². The Morgan fingerprint density at radius 1 is 1.40 bits per heavy atom. The van der Waals surface area contributed by atoms with Crippen molar-refractivity contribution in [2.45, 2.75) is 51.8 Å². The number of nitrogens with zero attached hydrogens (tertiary/aromatic N) is 3. The van der Waals surface area contributed by atoms with Gasteiger partial charge in [-0.05, 0) is 39.7 Å². The molecule has 1 aromatic heterocycles. The molecule has 25 heavy (non-hydrogen) atoms. The summed E-state index contributed by atoms with van der Waals surface area (Å²) in [6.07, 6.45) is 2.74. The van der Waals surface area contributed by atoms with Gasteiger partial charge in [-0.2, -0.15) is 0 Å². The van der Waals surface area contributed by atoms with Crippen LogP contribution in [-0.4, -0.2) is 54.2 Å². The van der Waals surface area contributed by atoms with Crippen LogP contribution in [-0.2, 0) is 16.1 Å². The molecule has 0 aliphatic carbocycles. The van der Waals surface area contributed by atoms with Crippen molar-refractivity contribution in [2.75, 3.05) is 25.5 Å². The van der Waals surface area contributed by atoms with Gasteiger partial charge in [-0.25, -0.2) is 9.78 Å². The molecule has 0 spiro atoms. The molecule has 7 heteroatoms. The Morgan fingerprint density at radius 2 is 2.12 bits per heavy atom. The average Bonchev–Trinajstić information content (AvgIpc) is 3.01. The average molecular weight is 348 g/mol. The Balaban J connectivity index is 1.99. The maximum absolute atomic E-state index is 12.6. The largest absolute Gasteiger partial charge is 0.444 e. The summed E-state index contributed by atoms with van der Waals surface area (Å²) in [5.41, 5.74) is 0.361. The minimum absolute atomic E-state index is 0.156. The molecule has 0 aromatic carbocycles. The fourth-order valence-corrected chi connectivity index (χ4v) is 2.85. The molecular weight excluding hydrogens is 320 g/mol. The SMILES string of the molecule is CN(C)c1ncccc1CNC(=O)[C@@H]1CCCN1C(=O)OC(C)(C)C. The van der Waals surface area contributed by atoms with Gasteiger partial charge in [-0.15, -0.1) is 0 Å². The van der Waals surface area contributed by atoms with Gasteiger partial charge in [0.1, 0.15) is 17.5 Å². The summed E-state index contributed by atoms with van der Waals surface area (Å²) < 4.78 is 5.41. The predicted molar refractivity (Wildman–Crippen MR) is 96.4 cm³/mol. The highest BCUT2D eigenvalue weighted by molar-refractivity contribution is 5.86. The summed E-state index contributed by atoms with van der Waals surface area (Å²) >= 11 is 0. The molecule has 0 saturated carbocycles. The van der Waals surface area contributed by atoms with Crippen molar-refractivity contribution in [3.05, 3.63) is 23.9 Å². The van der Waals surface area contributed by atoms with Gasteiger partial charge < -0.3 is 15.0 Å². The van der Waals surface area contributed by atoms with E-state index in [0.717, 1.165) is 17.8 Å². The summed E-state index contributed by atoms with van der Waals surface area (Å²) in [7, 11) is 3.82. The molecule has 1 aromatic rings. The van der Waals surface area contributed by atoms with Crippen molar-refractivity contribution in [1.29, 1.82) is 0 Å². The molecule has 1 aliphatic rings. The van der Waals surface area contributed by atoms with Crippen LogP contribution in [0.3, 0.4) is 0 Å². The zero-order valence-electron chi connectivity index (χ0n) is 15.7. The second kappa shape index (κ2) is 7.72. The molecule has 1 fully saturated rings. The van der Waals surface area contributed by atoms with Crippen LogP contribution in [0.4, 0.5) is 10.6 Å². The van der Waals surface area contributed by atoms with Crippen molar-refractivity contribution < 1.29 is 14.3 Å². The summed E-state index contributed by atoms with van der Waals surface area (Å²) in [5.74, 6) is 0.662. The Morgan fingerprint density at radius 3 is 2.76 bits per heavy atom. The number of ether oxygens (including phenoxy) is 1. The summed E-state index contributed by atoms with van der Waals surface area (Å²) in [6.45, 7) is 6.38. The summed E-state index contributed by atoms with van der Waals surface area (Å²) in [6, 6.07) is 3.30. The molecule has 2 amide bonds. The first-order valence-electron chi connectivity index (χ1n) is 8.57. The number of hydrogen-bond acceptors (Lipinski definition) is 5. The highest BCUT2D eigenvalue weighted by Crippen LogP contribution is 2.21. The van der Waals surface area contributed by atoms with Crippen molar-refractivity contribution in [3.8, 4) is 0 Å². The van der Waals surface area contributed by atoms with E-state index in [1.165, 1.54) is 4.90 Å². The number of aromatic nitrogens is 1. The van der Waals surface area contributed by atoms with Crippen molar-refractivity contribution >= 4 is 17.8 Å². The van der Waals surface area contributed by atoms with Gasteiger partial charge in [0, 0.05) is 38.9 Å². The Labute approximate surface area is 149 Å². The van der Waals surface area contributed by atoms with Crippen molar-refractivity contribution in [3.63, 3.8) is 0 Å². The van der Waals surface area contributed by atoms with Crippen LogP contribution < -0.4 is 10.2 Å². The molecule has 7 nitrogen and oxygen atoms in total. The number of hydrogen-bond donors (Lipinski definition) is 1. The Hall–Kier alpha value is -2.31. The van der Waals surface area contributed by atoms with E-state index in [-0.39, 0.29) is 5.91 Å². The fraction of sp³-hybridized carbons (Fsp3) is 0.611. The predicted octanol–water partition coefficient (Wildman–Crippen LogP) is 2.16. The molecule has 1 aliphatic heterocycles. The first-order chi connectivity index (χ1) is 11.7. The lowest BCUT2D eigenvalue weighted by atomic mass is 10.2. The monoisotopic (exact) mass is 348 g/mol. The van der Waals surface area contributed by atoms with E-state index in [1.54, 1.807) is 6.20 Å². The fourth-order valence-electron chi connectivity index (χ4n) is 2.85. The third-order valence-electron chi connectivity index (χ3n) is 3.93. The topological polar surface area (TPSA) is 74.8 Å². The van der Waals surface area contributed by atoms with E-state index >= 15 is 0 Å². The van der Waals surface area contributed by atoms with Gasteiger partial charge in [0.15, 0.2) is 0 Å². The van der Waals surface area contributed by atoms with Crippen LogP contribution in [0, 0.1) is 0 Å². The second-order valence-corrected chi connectivity index (χ2v) is 7.43. The number of pyridine rings is 1. The number of carbonyl (C=O) groups is 2. The highest BCUT2D eigenvalue weighted by atomic mass is 16.6. The van der Waals surface area contributed by atoms with E-state index in [2.05, 4.69) is 10.3 Å². The van der Waals surface area contributed by atoms with Crippen LogP contribution in [0.1, 0.15) is 39.2 Å². The zero-order valence-corrected chi connectivity index (χ0v) is 15.7. The first-order valence-corrected chi connectivity index (χ1v) is 8.57. The normalized spacial score (nSPS) is 17.3. The van der Waals surface area contributed by atoms with Gasteiger partial charge in [-0.3, -0.25) is 9.69 Å². The maximum atomic E-state index is 12.6. The zero-order chi connectivity index (χ0) is 18.6. The highest BCUT2D eigenvalue weighted by Gasteiger charge is 2.36. The molecule has 1 saturated heterocycles. The number of likely N-dealkylation sites (tertiary alicyclic amines) is 1. The van der Waals surface area contributed by atoms with Gasteiger partial charge in [-0.1, -0.05) is 6.07 Å². The van der Waals surface area contributed by atoms with Crippen molar-refractivity contribution in [1.82, 2.24) is 15.2 Å². The van der Waals surface area contributed by atoms with Crippen LogP contribution in [0.2, 0.25) is 0 Å². The quantitative estimate of drug-likeness (QED) is 0.902. The third kappa shape index (κ3) is 5.08. The minimum atomic E-state index is -0.572. The van der Waals surface area contributed by atoms with E-state index in [0.29, 0.717) is 19.5 Å². The lowest BCUT2D eigenvalue weighted by Gasteiger charge is -2.28. The summed E-state index contributed by atoms with van der Waals surface area (Å²) in [5, 5.41) is 2.93. The smallest absolute Gasteiger partial charge is 0.410 e. The molecule has 0 unspecified atom stereocenters. The van der Waals surface area contributed by atoms with E-state index in [1.807, 2.05) is 51.9 Å². The van der Waals surface area contributed by atoms with Crippen LogP contribution in [0.25, 0.3) is 0 Å². The number of nitrogens with one attached hydrogen (secondary N) is 1. The molecule has 1 atom stereocenters. The molecule has 0 radical (unpaired) electrons. The third-order valence-corrected chi connectivity index (χ3v) is 3.93. The maximum Gasteiger partial charge on any atom is 0.410 e. The second-order valence-electron chi connectivity index (χ2n) is 7.43. The van der Waals surface area contributed by atoms with Crippen LogP contribution in [0.15, 0.2) is 18.3 Å². The van der Waals surface area contributed by atoms with Crippen molar-refractivity contribution in [2.24, 2.45) is 0 Å². The molecule has 2 heterocycles. The molecule has 0 bridgehead atoms. The number of amides is 2. The number of anilines is 1.